The molecule has 0 aliphatic carbocycles. The van der Waals surface area contributed by atoms with Gasteiger partial charge >= 0.3 is 5.97 Å². The van der Waals surface area contributed by atoms with Crippen LogP contribution in [0, 0.1) is 0 Å². The predicted molar refractivity (Wildman–Crippen MR) is 59.1 cm³/mol. The minimum Gasteiger partial charge on any atom is -0.462 e. The van der Waals surface area contributed by atoms with Crippen molar-refractivity contribution in [2.75, 3.05) is 0 Å². The summed E-state index contributed by atoms with van der Waals surface area (Å²) >= 11 is 0. The zero-order valence-corrected chi connectivity index (χ0v) is 9.80. The molecule has 0 rings (SSSR count). The Morgan fingerprint density at radius 3 is 2.50 bits per heavy atom. The van der Waals surface area contributed by atoms with E-state index in [-0.39, 0.29) is 12.1 Å². The van der Waals surface area contributed by atoms with Crippen molar-refractivity contribution in [3.05, 3.63) is 11.6 Å². The first-order valence-corrected chi connectivity index (χ1v) is 5.39. The van der Waals surface area contributed by atoms with Crippen LogP contribution in [-0.4, -0.2) is 12.1 Å². The molecule has 0 aliphatic rings. The SMILES string of the molecule is C/C=C(\C)CC(CCCC)OC(C)=O. The van der Waals surface area contributed by atoms with Gasteiger partial charge in [0.1, 0.15) is 6.10 Å². The van der Waals surface area contributed by atoms with Crippen LogP contribution in [0.1, 0.15) is 53.4 Å². The second-order valence-corrected chi connectivity index (χ2v) is 3.71. The Kier molecular flexibility index (Phi) is 7.17. The van der Waals surface area contributed by atoms with Crippen LogP contribution >= 0.6 is 0 Å². The van der Waals surface area contributed by atoms with Crippen molar-refractivity contribution < 1.29 is 9.53 Å². The predicted octanol–water partition coefficient (Wildman–Crippen LogP) is 3.46. The zero-order chi connectivity index (χ0) is 11.0. The van der Waals surface area contributed by atoms with Crippen LogP contribution in [0.4, 0.5) is 0 Å². The maximum Gasteiger partial charge on any atom is 0.302 e. The van der Waals surface area contributed by atoms with E-state index in [0.29, 0.717) is 0 Å². The molecular formula is C12H22O2. The van der Waals surface area contributed by atoms with Gasteiger partial charge in [-0.3, -0.25) is 4.79 Å². The number of carbonyl (C=O) groups is 1. The van der Waals surface area contributed by atoms with E-state index in [1.807, 2.05) is 6.92 Å². The molecule has 0 aromatic rings. The second kappa shape index (κ2) is 7.60. The third-order valence-corrected chi connectivity index (χ3v) is 2.25. The molecule has 14 heavy (non-hydrogen) atoms. The molecule has 0 radical (unpaired) electrons. The van der Waals surface area contributed by atoms with Crippen molar-refractivity contribution in [1.82, 2.24) is 0 Å². The summed E-state index contributed by atoms with van der Waals surface area (Å²) in [5.74, 6) is -0.171. The molecule has 0 bridgehead atoms. The van der Waals surface area contributed by atoms with E-state index in [1.165, 1.54) is 12.5 Å². The van der Waals surface area contributed by atoms with Crippen LogP contribution in [0.25, 0.3) is 0 Å². The van der Waals surface area contributed by atoms with E-state index in [4.69, 9.17) is 4.74 Å². The van der Waals surface area contributed by atoms with Gasteiger partial charge in [-0.05, 0) is 20.3 Å². The van der Waals surface area contributed by atoms with Gasteiger partial charge in [0.15, 0.2) is 0 Å². The van der Waals surface area contributed by atoms with Gasteiger partial charge in [-0.1, -0.05) is 31.4 Å². The van der Waals surface area contributed by atoms with Gasteiger partial charge < -0.3 is 4.74 Å². The molecular weight excluding hydrogens is 176 g/mol. The van der Waals surface area contributed by atoms with Gasteiger partial charge in [0, 0.05) is 13.3 Å². The lowest BCUT2D eigenvalue weighted by molar-refractivity contribution is -0.146. The summed E-state index contributed by atoms with van der Waals surface area (Å²) in [4.78, 5) is 10.8. The minimum atomic E-state index is -0.171. The molecule has 0 aromatic heterocycles. The van der Waals surface area contributed by atoms with E-state index in [9.17, 15) is 4.79 Å². The maximum absolute atomic E-state index is 10.8. The Hall–Kier alpha value is -0.790. The first kappa shape index (κ1) is 13.2. The Balaban J connectivity index is 4.03. The molecule has 0 saturated heterocycles. The molecule has 0 aromatic carbocycles. The van der Waals surface area contributed by atoms with Crippen LogP contribution in [0.5, 0.6) is 0 Å². The summed E-state index contributed by atoms with van der Waals surface area (Å²) in [6, 6.07) is 0. The monoisotopic (exact) mass is 198 g/mol. The van der Waals surface area contributed by atoms with E-state index < -0.39 is 0 Å². The highest BCUT2D eigenvalue weighted by Crippen LogP contribution is 2.14. The molecule has 0 amide bonds. The van der Waals surface area contributed by atoms with Gasteiger partial charge in [-0.2, -0.15) is 0 Å². The van der Waals surface area contributed by atoms with E-state index in [2.05, 4.69) is 19.9 Å². The maximum atomic E-state index is 10.8. The van der Waals surface area contributed by atoms with Crippen molar-refractivity contribution in [2.24, 2.45) is 0 Å². The molecule has 1 unspecified atom stereocenters. The summed E-state index contributed by atoms with van der Waals surface area (Å²) in [5, 5.41) is 0. The lowest BCUT2D eigenvalue weighted by atomic mass is 10.0. The van der Waals surface area contributed by atoms with Gasteiger partial charge in [-0.15, -0.1) is 0 Å². The third-order valence-electron chi connectivity index (χ3n) is 2.25. The van der Waals surface area contributed by atoms with Crippen molar-refractivity contribution in [1.29, 1.82) is 0 Å². The number of allylic oxidation sites excluding steroid dienone is 1. The average Bonchev–Trinajstić information content (AvgIpc) is 2.13. The quantitative estimate of drug-likeness (QED) is 0.482. The largest absolute Gasteiger partial charge is 0.462 e. The van der Waals surface area contributed by atoms with Gasteiger partial charge in [0.05, 0.1) is 0 Å². The van der Waals surface area contributed by atoms with Gasteiger partial charge in [-0.25, -0.2) is 0 Å². The fraction of sp³-hybridized carbons (Fsp3) is 0.750. The summed E-state index contributed by atoms with van der Waals surface area (Å²) in [6.07, 6.45) is 6.25. The molecule has 0 N–H and O–H groups in total. The first-order chi connectivity index (χ1) is 6.60. The number of hydrogen-bond donors (Lipinski definition) is 0. The Labute approximate surface area is 87.3 Å². The fourth-order valence-electron chi connectivity index (χ4n) is 1.35. The smallest absolute Gasteiger partial charge is 0.302 e. The van der Waals surface area contributed by atoms with Gasteiger partial charge in [0.25, 0.3) is 0 Å². The standard InChI is InChI=1S/C12H22O2/c1-5-7-8-12(14-11(4)13)9-10(3)6-2/h6,12H,5,7-9H2,1-4H3/b10-6+. The van der Waals surface area contributed by atoms with Crippen LogP contribution in [0.15, 0.2) is 11.6 Å². The lowest BCUT2D eigenvalue weighted by Gasteiger charge is -2.16. The molecule has 0 heterocycles. The number of unbranched alkanes of at least 4 members (excludes halogenated alkanes) is 1. The summed E-state index contributed by atoms with van der Waals surface area (Å²) in [6.45, 7) is 7.71. The van der Waals surface area contributed by atoms with Crippen LogP contribution < -0.4 is 0 Å². The summed E-state index contributed by atoms with van der Waals surface area (Å²) in [7, 11) is 0. The third kappa shape index (κ3) is 6.70. The number of carbonyl (C=O) groups excluding carboxylic acids is 1. The molecule has 0 saturated carbocycles. The Bertz CT molecular complexity index is 194. The molecule has 2 heteroatoms. The summed E-state index contributed by atoms with van der Waals surface area (Å²) < 4.78 is 5.25. The minimum absolute atomic E-state index is 0.0728. The van der Waals surface area contributed by atoms with Crippen LogP contribution in [0.3, 0.4) is 0 Å². The zero-order valence-electron chi connectivity index (χ0n) is 9.80. The lowest BCUT2D eigenvalue weighted by Crippen LogP contribution is -2.16. The number of rotatable bonds is 6. The van der Waals surface area contributed by atoms with Crippen molar-refractivity contribution in [3.63, 3.8) is 0 Å². The van der Waals surface area contributed by atoms with Crippen LogP contribution in [0.2, 0.25) is 0 Å². The first-order valence-electron chi connectivity index (χ1n) is 5.39. The molecule has 0 aliphatic heterocycles. The number of hydrogen-bond acceptors (Lipinski definition) is 2. The highest BCUT2D eigenvalue weighted by atomic mass is 16.5. The molecule has 0 spiro atoms. The van der Waals surface area contributed by atoms with Gasteiger partial charge in [0.2, 0.25) is 0 Å². The average molecular weight is 198 g/mol. The normalized spacial score (nSPS) is 13.9. The van der Waals surface area contributed by atoms with Crippen molar-refractivity contribution in [3.8, 4) is 0 Å². The molecule has 2 nitrogen and oxygen atoms in total. The number of esters is 1. The highest BCUT2D eigenvalue weighted by Gasteiger charge is 2.11. The van der Waals surface area contributed by atoms with E-state index in [1.54, 1.807) is 0 Å². The van der Waals surface area contributed by atoms with E-state index >= 15 is 0 Å². The van der Waals surface area contributed by atoms with Crippen molar-refractivity contribution >= 4 is 5.97 Å². The topological polar surface area (TPSA) is 26.3 Å². The molecule has 0 fully saturated rings. The van der Waals surface area contributed by atoms with Crippen LogP contribution in [-0.2, 0) is 9.53 Å². The molecule has 82 valence electrons. The Morgan fingerprint density at radius 1 is 1.43 bits per heavy atom. The summed E-state index contributed by atoms with van der Waals surface area (Å²) in [5.41, 5.74) is 1.28. The second-order valence-electron chi connectivity index (χ2n) is 3.71. The Morgan fingerprint density at radius 2 is 2.07 bits per heavy atom. The fourth-order valence-corrected chi connectivity index (χ4v) is 1.35. The van der Waals surface area contributed by atoms with Crippen molar-refractivity contribution in [2.45, 2.75) is 59.5 Å². The highest BCUT2D eigenvalue weighted by molar-refractivity contribution is 5.66. The molecule has 1 atom stereocenters. The van der Waals surface area contributed by atoms with E-state index in [0.717, 1.165) is 25.7 Å². The number of ether oxygens (including phenoxy) is 1.